The molecule has 3 aromatic rings. The average Bonchev–Trinajstić information content (AvgIpc) is 2.84. The highest BCUT2D eigenvalue weighted by molar-refractivity contribution is 5.98. The number of nitrogens with one attached hydrogen (secondary N) is 2. The van der Waals surface area contributed by atoms with Crippen LogP contribution in [0.5, 0.6) is 5.75 Å². The van der Waals surface area contributed by atoms with Gasteiger partial charge in [-0.3, -0.25) is 9.59 Å². The highest BCUT2D eigenvalue weighted by Gasteiger charge is 2.13. The van der Waals surface area contributed by atoms with Crippen molar-refractivity contribution in [2.24, 2.45) is 0 Å². The molecular formula is C27H31N3O3. The molecule has 6 heteroatoms. The number of hydrogen-bond donors (Lipinski definition) is 2. The van der Waals surface area contributed by atoms with Crippen LogP contribution in [0.3, 0.4) is 0 Å². The van der Waals surface area contributed by atoms with Crippen LogP contribution in [-0.4, -0.2) is 43.0 Å². The molecule has 0 spiro atoms. The molecule has 0 aliphatic carbocycles. The Hall–Kier alpha value is -3.80. The molecule has 0 atom stereocenters. The summed E-state index contributed by atoms with van der Waals surface area (Å²) < 4.78 is 5.85. The van der Waals surface area contributed by atoms with E-state index in [1.54, 1.807) is 29.2 Å². The maximum absolute atomic E-state index is 12.5. The normalized spacial score (nSPS) is 10.4. The van der Waals surface area contributed by atoms with Gasteiger partial charge in [0.1, 0.15) is 5.75 Å². The molecule has 0 radical (unpaired) electrons. The maximum atomic E-state index is 12.5. The number of anilines is 2. The van der Waals surface area contributed by atoms with Crippen molar-refractivity contribution in [1.82, 2.24) is 4.90 Å². The Bertz CT molecular complexity index is 1050. The molecule has 3 rings (SSSR count). The first-order chi connectivity index (χ1) is 16.1. The molecule has 2 amide bonds. The first-order valence-electron chi connectivity index (χ1n) is 11.3. The highest BCUT2D eigenvalue weighted by atomic mass is 16.5. The smallest absolute Gasteiger partial charge is 0.253 e. The standard InChI is InChI=1S/C27H31N3O3/c1-3-30(4-2)27(32)22-12-8-14-24(18-22)29-26(31)20-28-23-13-9-15-25(19-23)33-17-16-21-10-6-5-7-11-21/h5-15,18-19,28H,3-4,16-17,20H2,1-2H3,(H,29,31). The fraction of sp³-hybridized carbons (Fsp3) is 0.259. The molecule has 0 aliphatic heterocycles. The van der Waals surface area contributed by atoms with Crippen molar-refractivity contribution in [3.05, 3.63) is 90.0 Å². The molecule has 0 bridgehead atoms. The van der Waals surface area contributed by atoms with Gasteiger partial charge in [-0.2, -0.15) is 0 Å². The number of rotatable bonds is 11. The van der Waals surface area contributed by atoms with Gasteiger partial charge in [0, 0.05) is 42.5 Å². The van der Waals surface area contributed by atoms with Crippen molar-refractivity contribution < 1.29 is 14.3 Å². The van der Waals surface area contributed by atoms with Crippen LogP contribution in [0.1, 0.15) is 29.8 Å². The second-order valence-corrected chi connectivity index (χ2v) is 7.57. The second-order valence-electron chi connectivity index (χ2n) is 7.57. The molecule has 2 N–H and O–H groups in total. The van der Waals surface area contributed by atoms with Crippen LogP contribution in [-0.2, 0) is 11.2 Å². The van der Waals surface area contributed by atoms with Crippen LogP contribution >= 0.6 is 0 Å². The Labute approximate surface area is 195 Å². The molecule has 6 nitrogen and oxygen atoms in total. The first-order valence-corrected chi connectivity index (χ1v) is 11.3. The molecule has 3 aromatic carbocycles. The highest BCUT2D eigenvalue weighted by Crippen LogP contribution is 2.18. The number of ether oxygens (including phenoxy) is 1. The molecule has 0 heterocycles. The minimum atomic E-state index is -0.196. The van der Waals surface area contributed by atoms with E-state index >= 15 is 0 Å². The Kier molecular flexibility index (Phi) is 8.88. The van der Waals surface area contributed by atoms with Gasteiger partial charge in [0.15, 0.2) is 0 Å². The monoisotopic (exact) mass is 445 g/mol. The van der Waals surface area contributed by atoms with E-state index in [2.05, 4.69) is 22.8 Å². The molecule has 0 fully saturated rings. The van der Waals surface area contributed by atoms with Gasteiger partial charge in [0.25, 0.3) is 5.91 Å². The van der Waals surface area contributed by atoms with Gasteiger partial charge < -0.3 is 20.3 Å². The number of carbonyl (C=O) groups excluding carboxylic acids is 2. The summed E-state index contributed by atoms with van der Waals surface area (Å²) in [6.45, 7) is 5.86. The molecular weight excluding hydrogens is 414 g/mol. The SMILES string of the molecule is CCN(CC)C(=O)c1cccc(NC(=O)CNc2cccc(OCCc3ccccc3)c2)c1. The Morgan fingerprint density at radius 2 is 1.58 bits per heavy atom. The zero-order valence-electron chi connectivity index (χ0n) is 19.2. The van der Waals surface area contributed by atoms with E-state index in [1.165, 1.54) is 5.56 Å². The summed E-state index contributed by atoms with van der Waals surface area (Å²) >= 11 is 0. The Balaban J connectivity index is 1.49. The Morgan fingerprint density at radius 3 is 2.33 bits per heavy atom. The predicted octanol–water partition coefficient (Wildman–Crippen LogP) is 4.84. The minimum absolute atomic E-state index is 0.0432. The van der Waals surface area contributed by atoms with Crippen LogP contribution in [0.25, 0.3) is 0 Å². The van der Waals surface area contributed by atoms with E-state index < -0.39 is 0 Å². The number of benzene rings is 3. The van der Waals surface area contributed by atoms with E-state index in [0.717, 1.165) is 17.9 Å². The molecule has 0 aliphatic rings. The van der Waals surface area contributed by atoms with Gasteiger partial charge in [-0.1, -0.05) is 42.5 Å². The molecule has 172 valence electrons. The lowest BCUT2D eigenvalue weighted by Gasteiger charge is -2.19. The van der Waals surface area contributed by atoms with Crippen molar-refractivity contribution in [3.8, 4) is 5.75 Å². The summed E-state index contributed by atoms with van der Waals surface area (Å²) in [4.78, 5) is 26.7. The van der Waals surface area contributed by atoms with Crippen molar-refractivity contribution in [3.63, 3.8) is 0 Å². The van der Waals surface area contributed by atoms with Gasteiger partial charge in [-0.15, -0.1) is 0 Å². The van der Waals surface area contributed by atoms with E-state index in [-0.39, 0.29) is 18.4 Å². The second kappa shape index (κ2) is 12.3. The molecule has 0 aromatic heterocycles. The molecule has 33 heavy (non-hydrogen) atoms. The van der Waals surface area contributed by atoms with E-state index in [4.69, 9.17) is 4.74 Å². The third-order valence-electron chi connectivity index (χ3n) is 5.23. The van der Waals surface area contributed by atoms with Crippen molar-refractivity contribution in [1.29, 1.82) is 0 Å². The minimum Gasteiger partial charge on any atom is -0.493 e. The van der Waals surface area contributed by atoms with Crippen LogP contribution in [0, 0.1) is 0 Å². The summed E-state index contributed by atoms with van der Waals surface area (Å²) in [6.07, 6.45) is 0.830. The zero-order chi connectivity index (χ0) is 23.5. The van der Waals surface area contributed by atoms with Crippen LogP contribution < -0.4 is 15.4 Å². The Morgan fingerprint density at radius 1 is 0.848 bits per heavy atom. The van der Waals surface area contributed by atoms with Gasteiger partial charge in [0.2, 0.25) is 5.91 Å². The van der Waals surface area contributed by atoms with E-state index in [1.807, 2.05) is 56.3 Å². The number of amides is 2. The lowest BCUT2D eigenvalue weighted by atomic mass is 10.1. The number of nitrogens with zero attached hydrogens (tertiary/aromatic N) is 1. The lowest BCUT2D eigenvalue weighted by molar-refractivity contribution is -0.114. The molecule has 0 unspecified atom stereocenters. The maximum Gasteiger partial charge on any atom is 0.253 e. The fourth-order valence-electron chi connectivity index (χ4n) is 3.44. The average molecular weight is 446 g/mol. The third kappa shape index (κ3) is 7.38. The van der Waals surface area contributed by atoms with E-state index in [9.17, 15) is 9.59 Å². The van der Waals surface area contributed by atoms with Gasteiger partial charge in [-0.25, -0.2) is 0 Å². The number of hydrogen-bond acceptors (Lipinski definition) is 4. The predicted molar refractivity (Wildman–Crippen MR) is 133 cm³/mol. The quantitative estimate of drug-likeness (QED) is 0.443. The van der Waals surface area contributed by atoms with Crippen molar-refractivity contribution in [2.75, 3.05) is 36.9 Å². The molecule has 0 saturated carbocycles. The number of carbonyl (C=O) groups is 2. The lowest BCUT2D eigenvalue weighted by Crippen LogP contribution is -2.30. The van der Waals surface area contributed by atoms with Crippen molar-refractivity contribution in [2.45, 2.75) is 20.3 Å². The van der Waals surface area contributed by atoms with Gasteiger partial charge in [0.05, 0.1) is 13.2 Å². The topological polar surface area (TPSA) is 70.7 Å². The zero-order valence-corrected chi connectivity index (χ0v) is 19.2. The first kappa shape index (κ1) is 23.9. The van der Waals surface area contributed by atoms with Crippen LogP contribution in [0.4, 0.5) is 11.4 Å². The summed E-state index contributed by atoms with van der Waals surface area (Å²) in [7, 11) is 0. The third-order valence-corrected chi connectivity index (χ3v) is 5.23. The van der Waals surface area contributed by atoms with Gasteiger partial charge in [-0.05, 0) is 49.7 Å². The summed E-state index contributed by atoms with van der Waals surface area (Å²) in [5, 5.41) is 5.97. The molecule has 0 saturated heterocycles. The van der Waals surface area contributed by atoms with Crippen LogP contribution in [0.2, 0.25) is 0 Å². The summed E-state index contributed by atoms with van der Waals surface area (Å²) in [5.41, 5.74) is 3.18. The van der Waals surface area contributed by atoms with Crippen molar-refractivity contribution >= 4 is 23.2 Å². The summed E-state index contributed by atoms with van der Waals surface area (Å²) in [6, 6.07) is 24.8. The largest absolute Gasteiger partial charge is 0.493 e. The van der Waals surface area contributed by atoms with Gasteiger partial charge >= 0.3 is 0 Å². The van der Waals surface area contributed by atoms with Crippen LogP contribution in [0.15, 0.2) is 78.9 Å². The fourth-order valence-corrected chi connectivity index (χ4v) is 3.44. The van der Waals surface area contributed by atoms with E-state index in [0.29, 0.717) is 30.9 Å². The summed E-state index contributed by atoms with van der Waals surface area (Å²) in [5.74, 6) is 0.509.